The van der Waals surface area contributed by atoms with Crippen LogP contribution < -0.4 is 5.56 Å². The zero-order chi connectivity index (χ0) is 18.8. The summed E-state index contributed by atoms with van der Waals surface area (Å²) in [5.74, 6) is -0.189. The first-order valence-electron chi connectivity index (χ1n) is 8.38. The van der Waals surface area contributed by atoms with Crippen molar-refractivity contribution in [3.8, 4) is 5.69 Å². The molecule has 27 heavy (non-hydrogen) atoms. The molecule has 0 bridgehead atoms. The lowest BCUT2D eigenvalue weighted by molar-refractivity contribution is 0.0462. The van der Waals surface area contributed by atoms with E-state index in [-0.39, 0.29) is 12.2 Å². The number of para-hydroxylation sites is 1. The van der Waals surface area contributed by atoms with Crippen molar-refractivity contribution >= 4 is 16.9 Å². The van der Waals surface area contributed by atoms with E-state index in [9.17, 15) is 9.59 Å². The lowest BCUT2D eigenvalue weighted by Gasteiger charge is -2.07. The van der Waals surface area contributed by atoms with Crippen molar-refractivity contribution < 1.29 is 9.53 Å². The number of H-pyrrole nitrogens is 1. The number of fused-ring (bicyclic) bond motifs is 1. The minimum absolute atomic E-state index is 0.112. The molecule has 0 aliphatic heterocycles. The molecule has 2 aromatic heterocycles. The van der Waals surface area contributed by atoms with E-state index in [0.717, 1.165) is 11.4 Å². The standard InChI is InChI=1S/C20H16N4O3/c1-13-10-11-21-24(13)15-8-6-14(7-9-15)20(26)27-12-18-22-17-5-3-2-4-16(17)19(25)23-18/h2-11H,12H2,1H3,(H,22,23,25). The van der Waals surface area contributed by atoms with E-state index in [0.29, 0.717) is 22.3 Å². The van der Waals surface area contributed by atoms with Crippen molar-refractivity contribution in [2.24, 2.45) is 0 Å². The maximum Gasteiger partial charge on any atom is 0.338 e. The average Bonchev–Trinajstić information content (AvgIpc) is 3.12. The molecule has 7 nitrogen and oxygen atoms in total. The molecular formula is C20H16N4O3. The fourth-order valence-electron chi connectivity index (χ4n) is 2.80. The molecule has 7 heteroatoms. The summed E-state index contributed by atoms with van der Waals surface area (Å²) in [7, 11) is 0. The van der Waals surface area contributed by atoms with Gasteiger partial charge in [-0.3, -0.25) is 4.79 Å². The number of aryl methyl sites for hydroxylation is 1. The second kappa shape index (κ2) is 6.87. The van der Waals surface area contributed by atoms with Crippen molar-refractivity contribution in [3.63, 3.8) is 0 Å². The van der Waals surface area contributed by atoms with Gasteiger partial charge >= 0.3 is 5.97 Å². The number of nitrogens with one attached hydrogen (secondary N) is 1. The summed E-state index contributed by atoms with van der Waals surface area (Å²) in [6, 6.07) is 15.9. The number of carbonyl (C=O) groups excluding carboxylic acids is 1. The predicted molar refractivity (Wildman–Crippen MR) is 99.8 cm³/mol. The zero-order valence-electron chi connectivity index (χ0n) is 14.5. The van der Waals surface area contributed by atoms with E-state index in [2.05, 4.69) is 15.1 Å². The molecule has 0 spiro atoms. The van der Waals surface area contributed by atoms with Crippen LogP contribution in [0.3, 0.4) is 0 Å². The summed E-state index contributed by atoms with van der Waals surface area (Å²) < 4.78 is 7.05. The quantitative estimate of drug-likeness (QED) is 0.565. The molecule has 0 atom stereocenters. The molecular weight excluding hydrogens is 344 g/mol. The average molecular weight is 360 g/mol. The molecule has 0 aliphatic rings. The van der Waals surface area contributed by atoms with Crippen LogP contribution in [0.15, 0.2) is 65.6 Å². The minimum atomic E-state index is -0.491. The Morgan fingerprint density at radius 2 is 1.89 bits per heavy atom. The van der Waals surface area contributed by atoms with Crippen molar-refractivity contribution in [2.75, 3.05) is 0 Å². The monoisotopic (exact) mass is 360 g/mol. The fraction of sp³-hybridized carbons (Fsp3) is 0.100. The number of benzene rings is 2. The van der Waals surface area contributed by atoms with Gasteiger partial charge in [-0.25, -0.2) is 14.5 Å². The predicted octanol–water partition coefficient (Wildman–Crippen LogP) is 2.77. The summed E-state index contributed by atoms with van der Waals surface area (Å²) in [4.78, 5) is 31.3. The molecule has 0 aliphatic carbocycles. The summed E-state index contributed by atoms with van der Waals surface area (Å²) >= 11 is 0. The van der Waals surface area contributed by atoms with Gasteiger partial charge in [0.1, 0.15) is 12.4 Å². The number of esters is 1. The molecule has 1 N–H and O–H groups in total. The van der Waals surface area contributed by atoms with Crippen LogP contribution in [-0.2, 0) is 11.3 Å². The second-order valence-electron chi connectivity index (χ2n) is 6.04. The van der Waals surface area contributed by atoms with E-state index in [1.807, 2.05) is 13.0 Å². The highest BCUT2D eigenvalue weighted by molar-refractivity contribution is 5.89. The Kier molecular flexibility index (Phi) is 4.25. The van der Waals surface area contributed by atoms with Crippen LogP contribution in [0, 0.1) is 6.92 Å². The van der Waals surface area contributed by atoms with E-state index in [1.54, 1.807) is 59.4 Å². The molecule has 4 aromatic rings. The normalized spacial score (nSPS) is 10.9. The number of aromatic amines is 1. The van der Waals surface area contributed by atoms with Gasteiger partial charge in [0.15, 0.2) is 0 Å². The van der Waals surface area contributed by atoms with Gasteiger partial charge in [-0.1, -0.05) is 12.1 Å². The van der Waals surface area contributed by atoms with Crippen molar-refractivity contribution in [3.05, 3.63) is 88.2 Å². The third kappa shape index (κ3) is 3.35. The van der Waals surface area contributed by atoms with Crippen LogP contribution in [0.2, 0.25) is 0 Å². The Labute approximate surface area is 154 Å². The van der Waals surface area contributed by atoms with Gasteiger partial charge < -0.3 is 9.72 Å². The fourth-order valence-corrected chi connectivity index (χ4v) is 2.80. The van der Waals surface area contributed by atoms with Gasteiger partial charge in [0.25, 0.3) is 5.56 Å². The third-order valence-electron chi connectivity index (χ3n) is 4.18. The number of ether oxygens (including phenoxy) is 1. The Hall–Kier alpha value is -3.74. The van der Waals surface area contributed by atoms with Gasteiger partial charge in [-0.05, 0) is 49.4 Å². The number of hydrogen-bond acceptors (Lipinski definition) is 5. The SMILES string of the molecule is Cc1ccnn1-c1ccc(C(=O)OCc2nc3ccccc3c(=O)[nH]2)cc1. The first-order chi connectivity index (χ1) is 13.1. The highest BCUT2D eigenvalue weighted by Gasteiger charge is 2.10. The first kappa shape index (κ1) is 16.7. The molecule has 0 fully saturated rings. The van der Waals surface area contributed by atoms with Crippen molar-refractivity contribution in [1.82, 2.24) is 19.7 Å². The lowest BCUT2D eigenvalue weighted by atomic mass is 10.2. The second-order valence-corrected chi connectivity index (χ2v) is 6.04. The molecule has 2 heterocycles. The molecule has 134 valence electrons. The number of hydrogen-bond donors (Lipinski definition) is 1. The molecule has 2 aromatic carbocycles. The third-order valence-corrected chi connectivity index (χ3v) is 4.18. The Morgan fingerprint density at radius 3 is 2.63 bits per heavy atom. The van der Waals surface area contributed by atoms with Gasteiger partial charge in [0, 0.05) is 11.9 Å². The summed E-state index contributed by atoms with van der Waals surface area (Å²) in [5, 5.41) is 4.73. The highest BCUT2D eigenvalue weighted by atomic mass is 16.5. The van der Waals surface area contributed by atoms with Crippen molar-refractivity contribution in [1.29, 1.82) is 0 Å². The largest absolute Gasteiger partial charge is 0.454 e. The summed E-state index contributed by atoms with van der Waals surface area (Å²) in [6.07, 6.45) is 1.72. The van der Waals surface area contributed by atoms with E-state index in [1.165, 1.54) is 0 Å². The smallest absolute Gasteiger partial charge is 0.338 e. The first-order valence-corrected chi connectivity index (χ1v) is 8.38. The van der Waals surface area contributed by atoms with Gasteiger partial charge in [-0.2, -0.15) is 5.10 Å². The molecule has 0 unspecified atom stereocenters. The van der Waals surface area contributed by atoms with E-state index >= 15 is 0 Å². The number of nitrogens with zero attached hydrogens (tertiary/aromatic N) is 3. The van der Waals surface area contributed by atoms with Gasteiger partial charge in [-0.15, -0.1) is 0 Å². The highest BCUT2D eigenvalue weighted by Crippen LogP contribution is 2.13. The molecule has 0 amide bonds. The summed E-state index contributed by atoms with van der Waals surface area (Å²) in [5.41, 5.74) is 2.56. The molecule has 0 saturated carbocycles. The molecule has 0 saturated heterocycles. The van der Waals surface area contributed by atoms with E-state index < -0.39 is 5.97 Å². The molecule has 0 radical (unpaired) electrons. The topological polar surface area (TPSA) is 89.9 Å². The maximum absolute atomic E-state index is 12.3. The Balaban J connectivity index is 1.48. The van der Waals surface area contributed by atoms with Crippen LogP contribution in [0.4, 0.5) is 0 Å². The van der Waals surface area contributed by atoms with Crippen LogP contribution in [0.1, 0.15) is 21.9 Å². The van der Waals surface area contributed by atoms with Crippen LogP contribution in [-0.4, -0.2) is 25.7 Å². The van der Waals surface area contributed by atoms with E-state index in [4.69, 9.17) is 4.74 Å². The number of carbonyl (C=O) groups is 1. The van der Waals surface area contributed by atoms with Crippen molar-refractivity contribution in [2.45, 2.75) is 13.5 Å². The molecule has 4 rings (SSSR count). The zero-order valence-corrected chi connectivity index (χ0v) is 14.5. The van der Waals surface area contributed by atoms with Crippen LogP contribution in [0.5, 0.6) is 0 Å². The van der Waals surface area contributed by atoms with Gasteiger partial charge in [0.2, 0.25) is 0 Å². The van der Waals surface area contributed by atoms with Crippen LogP contribution in [0.25, 0.3) is 16.6 Å². The lowest BCUT2D eigenvalue weighted by Crippen LogP contribution is -2.14. The number of rotatable bonds is 4. The van der Waals surface area contributed by atoms with Gasteiger partial charge in [0.05, 0.1) is 22.2 Å². The number of aromatic nitrogens is 4. The Bertz CT molecular complexity index is 1180. The minimum Gasteiger partial charge on any atom is -0.454 e. The Morgan fingerprint density at radius 1 is 1.11 bits per heavy atom. The van der Waals surface area contributed by atoms with Crippen LogP contribution >= 0.6 is 0 Å². The summed E-state index contributed by atoms with van der Waals surface area (Å²) in [6.45, 7) is 1.84. The maximum atomic E-state index is 12.3.